The van der Waals surface area contributed by atoms with Crippen LogP contribution in [0.25, 0.3) is 0 Å². The number of thioether (sulfide) groups is 1. The lowest BCUT2D eigenvalue weighted by Crippen LogP contribution is -2.65. The molecule has 3 rings (SSSR count). The molecule has 206 valence electrons. The van der Waals surface area contributed by atoms with Gasteiger partial charge >= 0.3 is 5.97 Å². The van der Waals surface area contributed by atoms with Crippen LogP contribution in [0.4, 0.5) is 0 Å². The summed E-state index contributed by atoms with van der Waals surface area (Å²) >= 11 is 1.21. The Labute approximate surface area is 222 Å². The number of phenols is 1. The minimum absolute atomic E-state index is 0.150. The smallest absolute Gasteiger partial charge is 0.304 e. The lowest BCUT2D eigenvalue weighted by Gasteiger charge is -2.47. The number of aliphatic hydroxyl groups excluding tert-OH is 1. The fraction of sp³-hybridized carbons (Fsp3) is 0.520. The predicted molar refractivity (Wildman–Crippen MR) is 134 cm³/mol. The van der Waals surface area contributed by atoms with Crippen LogP contribution in [0.5, 0.6) is 5.75 Å². The van der Waals surface area contributed by atoms with Gasteiger partial charge in [0, 0.05) is 29.8 Å². The van der Waals surface area contributed by atoms with E-state index in [2.05, 4.69) is 0 Å². The summed E-state index contributed by atoms with van der Waals surface area (Å²) in [5.41, 5.74) is 2.37. The number of aliphatic hydroxyl groups is 2. The van der Waals surface area contributed by atoms with Crippen molar-refractivity contribution in [3.8, 4) is 5.75 Å². The summed E-state index contributed by atoms with van der Waals surface area (Å²) in [5, 5.41) is 41.8. The summed E-state index contributed by atoms with van der Waals surface area (Å²) in [6.07, 6.45) is -2.63. The van der Waals surface area contributed by atoms with Crippen LogP contribution in [0.3, 0.4) is 0 Å². The van der Waals surface area contributed by atoms with Crippen molar-refractivity contribution in [3.05, 3.63) is 29.3 Å². The van der Waals surface area contributed by atoms with Gasteiger partial charge in [-0.2, -0.15) is 11.8 Å². The summed E-state index contributed by atoms with van der Waals surface area (Å²) in [6, 6.07) is 4.27. The Balaban J connectivity index is 2.05. The van der Waals surface area contributed by atoms with Gasteiger partial charge in [-0.3, -0.25) is 28.8 Å². The maximum atomic E-state index is 13.7. The number of ketones is 4. The predicted octanol–water partition coefficient (Wildman–Crippen LogP) is -1.02. The van der Waals surface area contributed by atoms with Crippen LogP contribution >= 0.6 is 11.8 Å². The van der Waals surface area contributed by atoms with Gasteiger partial charge in [0.25, 0.3) is 0 Å². The number of carbonyl (C=O) groups is 6. The molecule has 1 aromatic carbocycles. The summed E-state index contributed by atoms with van der Waals surface area (Å²) in [6.45, 7) is -0.395. The summed E-state index contributed by atoms with van der Waals surface area (Å²) in [5.74, 6) is -12.9. The average Bonchev–Trinajstić information content (AvgIpc) is 2.80. The zero-order valence-electron chi connectivity index (χ0n) is 20.8. The van der Waals surface area contributed by atoms with Crippen LogP contribution in [-0.4, -0.2) is 104 Å². The number of primary amides is 1. The summed E-state index contributed by atoms with van der Waals surface area (Å²) in [7, 11) is 2.99. The van der Waals surface area contributed by atoms with Crippen LogP contribution in [-0.2, 0) is 24.0 Å². The SMILES string of the molecule is CN(C)CC(=O)C(C(N)=O)C(=O)C1(O)CC(O)C2C(C(=O)c3c(O)cccc3C2CSCCC(=O)O)C1=O. The molecule has 1 aromatic rings. The highest BCUT2D eigenvalue weighted by Crippen LogP contribution is 2.51. The first-order valence-corrected chi connectivity index (χ1v) is 13.0. The molecule has 0 radical (unpaired) electrons. The van der Waals surface area contributed by atoms with Gasteiger partial charge in [-0.15, -0.1) is 0 Å². The Hall–Kier alpha value is -3.13. The molecule has 13 heteroatoms. The van der Waals surface area contributed by atoms with Crippen molar-refractivity contribution in [1.29, 1.82) is 0 Å². The first-order chi connectivity index (χ1) is 17.7. The highest BCUT2D eigenvalue weighted by atomic mass is 32.2. The van der Waals surface area contributed by atoms with Crippen molar-refractivity contribution < 1.29 is 49.2 Å². The van der Waals surface area contributed by atoms with Crippen molar-refractivity contribution in [1.82, 2.24) is 4.90 Å². The van der Waals surface area contributed by atoms with Gasteiger partial charge in [-0.25, -0.2) is 0 Å². The van der Waals surface area contributed by atoms with Crippen LogP contribution in [0.15, 0.2) is 18.2 Å². The second-order valence-corrected chi connectivity index (χ2v) is 11.0. The number of Topliss-reactive ketones (excluding diaryl/α,β-unsaturated/α-hetero) is 4. The van der Waals surface area contributed by atoms with Gasteiger partial charge in [0.1, 0.15) is 5.75 Å². The molecule has 1 fully saturated rings. The van der Waals surface area contributed by atoms with Gasteiger partial charge in [0.15, 0.2) is 34.7 Å². The molecule has 6 unspecified atom stereocenters. The van der Waals surface area contributed by atoms with Crippen LogP contribution < -0.4 is 5.73 Å². The van der Waals surface area contributed by atoms with Crippen LogP contribution in [0.2, 0.25) is 0 Å². The maximum absolute atomic E-state index is 13.7. The number of aromatic hydroxyl groups is 1. The molecule has 0 saturated heterocycles. The number of fused-ring (bicyclic) bond motifs is 2. The zero-order chi connectivity index (χ0) is 28.5. The molecule has 1 amide bonds. The highest BCUT2D eigenvalue weighted by Gasteiger charge is 2.63. The van der Waals surface area contributed by atoms with E-state index in [0.717, 1.165) is 0 Å². The lowest BCUT2D eigenvalue weighted by molar-refractivity contribution is -0.170. The molecule has 6 N–H and O–H groups in total. The number of carbonyl (C=O) groups excluding carboxylic acids is 5. The standard InChI is InChI=1S/C25H30N2O10S/c1-27(2)9-15(30)19(24(26)36)22(34)25(37)8-14(29)17-12(10-38-7-6-16(31)32)11-4-3-5-13(28)18(11)21(33)20(17)23(25)35/h3-5,12,14,17,19-20,28-29,37H,6-10H2,1-2H3,(H2,26,36)(H,31,32). The quantitative estimate of drug-likeness (QED) is 0.165. The normalized spacial score (nSPS) is 27.4. The number of phenolic OH excluding ortho intramolecular Hbond substituents is 1. The number of benzene rings is 1. The van der Waals surface area contributed by atoms with Gasteiger partial charge < -0.3 is 31.1 Å². The fourth-order valence-electron chi connectivity index (χ4n) is 5.35. The van der Waals surface area contributed by atoms with E-state index < -0.39 is 89.1 Å². The van der Waals surface area contributed by atoms with Gasteiger partial charge in [-0.05, 0) is 25.7 Å². The zero-order valence-corrected chi connectivity index (χ0v) is 21.6. The molecular formula is C25H30N2O10S. The number of carboxylic acids is 1. The van der Waals surface area contributed by atoms with E-state index in [4.69, 9.17) is 10.8 Å². The van der Waals surface area contributed by atoms with E-state index in [9.17, 15) is 44.1 Å². The minimum Gasteiger partial charge on any atom is -0.507 e. The van der Waals surface area contributed by atoms with Crippen LogP contribution in [0, 0.1) is 17.8 Å². The topological polar surface area (TPSA) is 213 Å². The van der Waals surface area contributed by atoms with Crippen molar-refractivity contribution >= 4 is 46.8 Å². The number of nitrogens with two attached hydrogens (primary N) is 1. The minimum atomic E-state index is -3.05. The molecule has 0 aliphatic heterocycles. The second-order valence-electron chi connectivity index (χ2n) is 9.89. The molecule has 0 spiro atoms. The largest absolute Gasteiger partial charge is 0.507 e. The second kappa shape index (κ2) is 11.3. The number of rotatable bonds is 11. The Kier molecular flexibility index (Phi) is 8.76. The summed E-state index contributed by atoms with van der Waals surface area (Å²) in [4.78, 5) is 77.5. The Morgan fingerprint density at radius 2 is 1.87 bits per heavy atom. The van der Waals surface area contributed by atoms with Gasteiger partial charge in [-0.1, -0.05) is 12.1 Å². The lowest BCUT2D eigenvalue weighted by atomic mass is 9.56. The van der Waals surface area contributed by atoms with E-state index in [1.165, 1.54) is 42.9 Å². The average molecular weight is 551 g/mol. The van der Waals surface area contributed by atoms with Crippen molar-refractivity contribution in [3.63, 3.8) is 0 Å². The fourth-order valence-corrected chi connectivity index (χ4v) is 6.50. The number of nitrogens with zero attached hydrogens (tertiary/aromatic N) is 1. The summed E-state index contributed by atoms with van der Waals surface area (Å²) < 4.78 is 0. The van der Waals surface area contributed by atoms with E-state index in [1.807, 2.05) is 0 Å². The molecule has 2 aliphatic rings. The molecule has 6 atom stereocenters. The first kappa shape index (κ1) is 29.4. The number of carboxylic acid groups (broad SMARTS) is 1. The maximum Gasteiger partial charge on any atom is 0.304 e. The Bertz CT molecular complexity index is 1180. The number of hydrogen-bond donors (Lipinski definition) is 5. The highest BCUT2D eigenvalue weighted by molar-refractivity contribution is 7.99. The van der Waals surface area contributed by atoms with Gasteiger partial charge in [0.2, 0.25) is 5.91 Å². The molecular weight excluding hydrogens is 520 g/mol. The van der Waals surface area contributed by atoms with Crippen molar-refractivity contribution in [2.45, 2.75) is 30.5 Å². The third-order valence-electron chi connectivity index (χ3n) is 7.00. The molecule has 0 aromatic heterocycles. The van der Waals surface area contributed by atoms with Crippen molar-refractivity contribution in [2.24, 2.45) is 23.5 Å². The molecule has 0 bridgehead atoms. The molecule has 2 aliphatic carbocycles. The molecule has 1 saturated carbocycles. The van der Waals surface area contributed by atoms with Crippen molar-refractivity contribution in [2.75, 3.05) is 32.1 Å². The Morgan fingerprint density at radius 3 is 2.45 bits per heavy atom. The molecule has 38 heavy (non-hydrogen) atoms. The number of amides is 1. The Morgan fingerprint density at radius 1 is 1.21 bits per heavy atom. The third kappa shape index (κ3) is 5.37. The van der Waals surface area contributed by atoms with Crippen LogP contribution in [0.1, 0.15) is 34.7 Å². The number of hydrogen-bond acceptors (Lipinski definition) is 11. The van der Waals surface area contributed by atoms with E-state index >= 15 is 0 Å². The van der Waals surface area contributed by atoms with E-state index in [0.29, 0.717) is 5.56 Å². The van der Waals surface area contributed by atoms with Gasteiger partial charge in [0.05, 0.1) is 30.6 Å². The van der Waals surface area contributed by atoms with E-state index in [1.54, 1.807) is 6.07 Å². The van der Waals surface area contributed by atoms with E-state index in [-0.39, 0.29) is 23.5 Å². The monoisotopic (exact) mass is 550 g/mol. The third-order valence-corrected chi connectivity index (χ3v) is 8.09. The first-order valence-electron chi connectivity index (χ1n) is 11.8. The number of likely N-dealkylation sites (N-methyl/N-ethyl adjacent to an activating group) is 1. The molecule has 12 nitrogen and oxygen atoms in total. The molecule has 0 heterocycles. The number of aliphatic carboxylic acids is 1.